The molecule has 0 spiro atoms. The van der Waals surface area contributed by atoms with Crippen molar-refractivity contribution in [3.63, 3.8) is 0 Å². The van der Waals surface area contributed by atoms with E-state index < -0.39 is 0 Å². The molecule has 110 valence electrons. The maximum atomic E-state index is 4.44. The third-order valence-corrected chi connectivity index (χ3v) is 3.27. The van der Waals surface area contributed by atoms with Crippen molar-refractivity contribution < 1.29 is 0 Å². The van der Waals surface area contributed by atoms with Crippen LogP contribution in [0.5, 0.6) is 0 Å². The number of nitrogens with zero attached hydrogens (tertiary/aromatic N) is 6. The van der Waals surface area contributed by atoms with Crippen molar-refractivity contribution >= 4 is 0 Å². The summed E-state index contributed by atoms with van der Waals surface area (Å²) in [6.45, 7) is 3.78. The van der Waals surface area contributed by atoms with E-state index in [2.05, 4.69) is 30.1 Å². The SMILES string of the molecule is Cc1ccc(CCc2cnc(-c3cnc(C)nc3)cn2)nn1. The molecule has 6 heteroatoms. The summed E-state index contributed by atoms with van der Waals surface area (Å²) in [7, 11) is 0. The van der Waals surface area contributed by atoms with E-state index in [1.54, 1.807) is 24.8 Å². The number of rotatable bonds is 4. The summed E-state index contributed by atoms with van der Waals surface area (Å²) in [5.74, 6) is 0.743. The first-order valence-electron chi connectivity index (χ1n) is 7.10. The lowest BCUT2D eigenvalue weighted by Crippen LogP contribution is -2.00. The summed E-state index contributed by atoms with van der Waals surface area (Å²) in [6, 6.07) is 3.96. The summed E-state index contributed by atoms with van der Waals surface area (Å²) in [5.41, 5.74) is 4.46. The van der Waals surface area contributed by atoms with Crippen LogP contribution in [-0.4, -0.2) is 30.1 Å². The molecule has 3 rings (SSSR count). The molecule has 0 amide bonds. The Hall–Kier alpha value is -2.76. The van der Waals surface area contributed by atoms with Gasteiger partial charge in [-0.15, -0.1) is 0 Å². The fourth-order valence-corrected chi connectivity index (χ4v) is 1.97. The predicted octanol–water partition coefficient (Wildman–Crippen LogP) is 2.13. The van der Waals surface area contributed by atoms with Crippen molar-refractivity contribution in [1.29, 1.82) is 0 Å². The highest BCUT2D eigenvalue weighted by atomic mass is 15.1. The van der Waals surface area contributed by atoms with Crippen LogP contribution in [0.1, 0.15) is 22.9 Å². The topological polar surface area (TPSA) is 77.3 Å². The molecule has 0 N–H and O–H groups in total. The minimum Gasteiger partial charge on any atom is -0.257 e. The quantitative estimate of drug-likeness (QED) is 0.733. The fourth-order valence-electron chi connectivity index (χ4n) is 1.97. The Morgan fingerprint density at radius 2 is 1.50 bits per heavy atom. The van der Waals surface area contributed by atoms with Crippen molar-refractivity contribution in [2.24, 2.45) is 0 Å². The summed E-state index contributed by atoms with van der Waals surface area (Å²) in [6.07, 6.45) is 8.65. The zero-order chi connectivity index (χ0) is 15.4. The average Bonchev–Trinajstić information content (AvgIpc) is 2.56. The second kappa shape index (κ2) is 6.34. The van der Waals surface area contributed by atoms with E-state index in [0.29, 0.717) is 0 Å². The van der Waals surface area contributed by atoms with Gasteiger partial charge in [0.05, 0.1) is 29.0 Å². The van der Waals surface area contributed by atoms with E-state index >= 15 is 0 Å². The lowest BCUT2D eigenvalue weighted by Gasteiger charge is -2.03. The summed E-state index contributed by atoms with van der Waals surface area (Å²) in [4.78, 5) is 17.2. The second-order valence-corrected chi connectivity index (χ2v) is 5.08. The minimum absolute atomic E-state index is 0.743. The Kier molecular flexibility index (Phi) is 4.09. The predicted molar refractivity (Wildman–Crippen MR) is 82.0 cm³/mol. The van der Waals surface area contributed by atoms with Gasteiger partial charge >= 0.3 is 0 Å². The molecule has 0 aliphatic carbocycles. The first-order chi connectivity index (χ1) is 10.7. The molecule has 3 aromatic rings. The van der Waals surface area contributed by atoms with E-state index in [1.165, 1.54) is 0 Å². The highest BCUT2D eigenvalue weighted by Gasteiger charge is 2.03. The highest BCUT2D eigenvalue weighted by molar-refractivity contribution is 5.55. The van der Waals surface area contributed by atoms with Crippen LogP contribution in [0.25, 0.3) is 11.3 Å². The molecule has 0 radical (unpaired) electrons. The third-order valence-electron chi connectivity index (χ3n) is 3.27. The smallest absolute Gasteiger partial charge is 0.125 e. The molecule has 22 heavy (non-hydrogen) atoms. The van der Waals surface area contributed by atoms with Gasteiger partial charge in [0.15, 0.2) is 0 Å². The second-order valence-electron chi connectivity index (χ2n) is 5.08. The molecule has 0 unspecified atom stereocenters. The first-order valence-corrected chi connectivity index (χ1v) is 7.10. The molecule has 0 aliphatic rings. The maximum Gasteiger partial charge on any atom is 0.125 e. The van der Waals surface area contributed by atoms with Crippen molar-refractivity contribution in [3.8, 4) is 11.3 Å². The van der Waals surface area contributed by atoms with Gasteiger partial charge in [0.1, 0.15) is 5.82 Å². The van der Waals surface area contributed by atoms with Gasteiger partial charge in [-0.1, -0.05) is 0 Å². The third kappa shape index (κ3) is 3.46. The zero-order valence-electron chi connectivity index (χ0n) is 12.6. The lowest BCUT2D eigenvalue weighted by molar-refractivity contribution is 0.824. The van der Waals surface area contributed by atoms with Crippen LogP contribution < -0.4 is 0 Å². The molecular formula is C16H16N6. The average molecular weight is 292 g/mol. The number of aromatic nitrogens is 6. The first kappa shape index (κ1) is 14.2. The number of aryl methyl sites for hydroxylation is 4. The van der Waals surface area contributed by atoms with Crippen LogP contribution >= 0.6 is 0 Å². The van der Waals surface area contributed by atoms with Crippen LogP contribution in [0, 0.1) is 13.8 Å². The van der Waals surface area contributed by atoms with Crippen LogP contribution in [0.4, 0.5) is 0 Å². The van der Waals surface area contributed by atoms with Crippen molar-refractivity contribution in [3.05, 3.63) is 59.8 Å². The standard InChI is InChI=1S/C16H16N6/c1-11-3-4-14(22-21-11)5-6-15-9-20-16(10-19-15)13-7-17-12(2)18-8-13/h3-4,7-10H,5-6H2,1-2H3. The Morgan fingerprint density at radius 1 is 0.727 bits per heavy atom. The summed E-state index contributed by atoms with van der Waals surface area (Å²) in [5, 5.41) is 8.20. The normalized spacial score (nSPS) is 10.6. The Balaban J connectivity index is 1.66. The molecule has 0 saturated carbocycles. The fraction of sp³-hybridized carbons (Fsp3) is 0.250. The Bertz CT molecular complexity index is 735. The van der Waals surface area contributed by atoms with Crippen LogP contribution in [0.2, 0.25) is 0 Å². The van der Waals surface area contributed by atoms with E-state index in [0.717, 1.165) is 47.0 Å². The molecular weight excluding hydrogens is 276 g/mol. The maximum absolute atomic E-state index is 4.44. The zero-order valence-corrected chi connectivity index (χ0v) is 12.6. The monoisotopic (exact) mass is 292 g/mol. The van der Waals surface area contributed by atoms with Crippen molar-refractivity contribution in [2.45, 2.75) is 26.7 Å². The summed E-state index contributed by atoms with van der Waals surface area (Å²) >= 11 is 0. The lowest BCUT2D eigenvalue weighted by atomic mass is 10.2. The van der Waals surface area contributed by atoms with Gasteiger partial charge < -0.3 is 0 Å². The largest absolute Gasteiger partial charge is 0.257 e. The molecule has 0 fully saturated rings. The minimum atomic E-state index is 0.743. The van der Waals surface area contributed by atoms with Gasteiger partial charge in [-0.25, -0.2) is 9.97 Å². The van der Waals surface area contributed by atoms with Crippen LogP contribution in [-0.2, 0) is 12.8 Å². The van der Waals surface area contributed by atoms with Gasteiger partial charge in [-0.3, -0.25) is 9.97 Å². The van der Waals surface area contributed by atoms with E-state index in [9.17, 15) is 0 Å². The van der Waals surface area contributed by atoms with Crippen LogP contribution in [0.3, 0.4) is 0 Å². The van der Waals surface area contributed by atoms with E-state index in [-0.39, 0.29) is 0 Å². The molecule has 0 aliphatic heterocycles. The molecule has 3 heterocycles. The van der Waals surface area contributed by atoms with Gasteiger partial charge in [0.2, 0.25) is 0 Å². The molecule has 3 aromatic heterocycles. The Morgan fingerprint density at radius 3 is 2.14 bits per heavy atom. The highest BCUT2D eigenvalue weighted by Crippen LogP contribution is 2.13. The van der Waals surface area contributed by atoms with Gasteiger partial charge in [0, 0.05) is 24.2 Å². The molecule has 0 atom stereocenters. The van der Waals surface area contributed by atoms with Crippen LogP contribution in [0.15, 0.2) is 36.9 Å². The molecule has 6 nitrogen and oxygen atoms in total. The molecule has 0 aromatic carbocycles. The molecule has 0 saturated heterocycles. The van der Waals surface area contributed by atoms with E-state index in [1.807, 2.05) is 26.0 Å². The molecule has 0 bridgehead atoms. The summed E-state index contributed by atoms with van der Waals surface area (Å²) < 4.78 is 0. The van der Waals surface area contributed by atoms with Gasteiger partial charge in [0.25, 0.3) is 0 Å². The van der Waals surface area contributed by atoms with Crippen molar-refractivity contribution in [1.82, 2.24) is 30.1 Å². The number of hydrogen-bond donors (Lipinski definition) is 0. The van der Waals surface area contributed by atoms with E-state index in [4.69, 9.17) is 0 Å². The number of hydrogen-bond acceptors (Lipinski definition) is 6. The van der Waals surface area contributed by atoms with Gasteiger partial charge in [-0.2, -0.15) is 10.2 Å². The van der Waals surface area contributed by atoms with Gasteiger partial charge in [-0.05, 0) is 38.8 Å². The van der Waals surface area contributed by atoms with Crippen molar-refractivity contribution in [2.75, 3.05) is 0 Å². The Labute approximate surface area is 128 Å².